The Morgan fingerprint density at radius 2 is 2.07 bits per heavy atom. The standard InChI is InChI=1S/C12H19NO2/c1-3-8-15-12-7-5-4-6-10(12)11(13)9-14-2/h4-7,11H,3,8-9,13H2,1-2H3. The normalized spacial score (nSPS) is 12.5. The van der Waals surface area contributed by atoms with Gasteiger partial charge in [-0.05, 0) is 12.5 Å². The summed E-state index contributed by atoms with van der Waals surface area (Å²) in [6.45, 7) is 3.31. The number of benzene rings is 1. The van der Waals surface area contributed by atoms with E-state index in [0.29, 0.717) is 6.61 Å². The van der Waals surface area contributed by atoms with Crippen molar-refractivity contribution in [2.24, 2.45) is 5.73 Å². The zero-order valence-electron chi connectivity index (χ0n) is 9.40. The summed E-state index contributed by atoms with van der Waals surface area (Å²) in [6.07, 6.45) is 0.994. The van der Waals surface area contributed by atoms with E-state index >= 15 is 0 Å². The maximum atomic E-state index is 5.97. The van der Waals surface area contributed by atoms with Crippen molar-refractivity contribution in [3.05, 3.63) is 29.8 Å². The van der Waals surface area contributed by atoms with E-state index in [1.54, 1.807) is 7.11 Å². The summed E-state index contributed by atoms with van der Waals surface area (Å²) >= 11 is 0. The first-order valence-electron chi connectivity index (χ1n) is 5.25. The molecule has 0 radical (unpaired) electrons. The lowest BCUT2D eigenvalue weighted by atomic mass is 10.1. The van der Waals surface area contributed by atoms with Gasteiger partial charge in [-0.1, -0.05) is 25.1 Å². The van der Waals surface area contributed by atoms with Crippen molar-refractivity contribution in [3.63, 3.8) is 0 Å². The second kappa shape index (κ2) is 6.43. The minimum Gasteiger partial charge on any atom is -0.493 e. The highest BCUT2D eigenvalue weighted by atomic mass is 16.5. The van der Waals surface area contributed by atoms with Crippen molar-refractivity contribution in [3.8, 4) is 5.75 Å². The lowest BCUT2D eigenvalue weighted by molar-refractivity contribution is 0.179. The summed E-state index contributed by atoms with van der Waals surface area (Å²) in [5.74, 6) is 0.865. The van der Waals surface area contributed by atoms with E-state index in [4.69, 9.17) is 15.2 Å². The molecule has 0 aliphatic heterocycles. The van der Waals surface area contributed by atoms with Gasteiger partial charge in [-0.15, -0.1) is 0 Å². The van der Waals surface area contributed by atoms with Crippen LogP contribution in [0.2, 0.25) is 0 Å². The zero-order chi connectivity index (χ0) is 11.1. The molecule has 2 N–H and O–H groups in total. The van der Waals surface area contributed by atoms with Crippen LogP contribution in [0.15, 0.2) is 24.3 Å². The van der Waals surface area contributed by atoms with E-state index in [9.17, 15) is 0 Å². The maximum Gasteiger partial charge on any atom is 0.124 e. The van der Waals surface area contributed by atoms with Gasteiger partial charge in [0.2, 0.25) is 0 Å². The molecule has 0 saturated heterocycles. The summed E-state index contributed by atoms with van der Waals surface area (Å²) in [6, 6.07) is 7.72. The predicted octanol–water partition coefficient (Wildman–Crippen LogP) is 2.12. The molecule has 1 atom stereocenters. The first-order valence-corrected chi connectivity index (χ1v) is 5.25. The maximum absolute atomic E-state index is 5.97. The Hall–Kier alpha value is -1.06. The Labute approximate surface area is 91.2 Å². The molecule has 1 rings (SSSR count). The Kier molecular flexibility index (Phi) is 5.15. The lowest BCUT2D eigenvalue weighted by Gasteiger charge is -2.15. The average molecular weight is 209 g/mol. The Balaban J connectivity index is 2.75. The Morgan fingerprint density at radius 1 is 1.33 bits per heavy atom. The molecule has 1 aromatic rings. The van der Waals surface area contributed by atoms with Crippen LogP contribution < -0.4 is 10.5 Å². The molecule has 15 heavy (non-hydrogen) atoms. The van der Waals surface area contributed by atoms with Crippen LogP contribution in [0.4, 0.5) is 0 Å². The lowest BCUT2D eigenvalue weighted by Crippen LogP contribution is -2.17. The van der Waals surface area contributed by atoms with Crippen molar-refractivity contribution < 1.29 is 9.47 Å². The van der Waals surface area contributed by atoms with E-state index in [-0.39, 0.29) is 6.04 Å². The smallest absolute Gasteiger partial charge is 0.124 e. The Morgan fingerprint density at radius 3 is 2.73 bits per heavy atom. The molecule has 0 spiro atoms. The molecule has 3 nitrogen and oxygen atoms in total. The third-order valence-corrected chi connectivity index (χ3v) is 2.13. The summed E-state index contributed by atoms with van der Waals surface area (Å²) in [5.41, 5.74) is 6.98. The summed E-state index contributed by atoms with van der Waals surface area (Å²) in [4.78, 5) is 0. The molecule has 84 valence electrons. The van der Waals surface area contributed by atoms with Gasteiger partial charge in [0.15, 0.2) is 0 Å². The molecule has 1 aromatic carbocycles. The molecule has 0 aliphatic carbocycles. The number of rotatable bonds is 6. The molecule has 1 unspecified atom stereocenters. The van der Waals surface area contributed by atoms with E-state index in [1.165, 1.54) is 0 Å². The van der Waals surface area contributed by atoms with Gasteiger partial charge in [0.25, 0.3) is 0 Å². The predicted molar refractivity (Wildman–Crippen MR) is 61.0 cm³/mol. The van der Waals surface area contributed by atoms with Gasteiger partial charge in [0.05, 0.1) is 19.3 Å². The minimum absolute atomic E-state index is 0.122. The van der Waals surface area contributed by atoms with Crippen LogP contribution in [0, 0.1) is 0 Å². The fraction of sp³-hybridized carbons (Fsp3) is 0.500. The quantitative estimate of drug-likeness (QED) is 0.780. The molecule has 0 heterocycles. The first kappa shape index (κ1) is 12.0. The summed E-state index contributed by atoms with van der Waals surface area (Å²) < 4.78 is 10.7. The number of nitrogens with two attached hydrogens (primary N) is 1. The van der Waals surface area contributed by atoms with Crippen LogP contribution in [0.3, 0.4) is 0 Å². The van der Waals surface area contributed by atoms with Crippen molar-refractivity contribution in [2.75, 3.05) is 20.3 Å². The van der Waals surface area contributed by atoms with Gasteiger partial charge in [0, 0.05) is 12.7 Å². The monoisotopic (exact) mass is 209 g/mol. The largest absolute Gasteiger partial charge is 0.493 e. The van der Waals surface area contributed by atoms with Gasteiger partial charge >= 0.3 is 0 Å². The van der Waals surface area contributed by atoms with Crippen LogP contribution in [0.5, 0.6) is 5.75 Å². The van der Waals surface area contributed by atoms with Crippen molar-refractivity contribution >= 4 is 0 Å². The topological polar surface area (TPSA) is 44.5 Å². The second-order valence-corrected chi connectivity index (χ2v) is 3.45. The molecule has 0 bridgehead atoms. The second-order valence-electron chi connectivity index (χ2n) is 3.45. The SMILES string of the molecule is CCCOc1ccccc1C(N)COC. The molecule has 3 heteroatoms. The van der Waals surface area contributed by atoms with Crippen molar-refractivity contribution in [1.29, 1.82) is 0 Å². The molecule has 0 aliphatic rings. The van der Waals surface area contributed by atoms with Crippen LogP contribution in [-0.2, 0) is 4.74 Å². The van der Waals surface area contributed by atoms with Crippen molar-refractivity contribution in [1.82, 2.24) is 0 Å². The molecule has 0 amide bonds. The van der Waals surface area contributed by atoms with Crippen molar-refractivity contribution in [2.45, 2.75) is 19.4 Å². The molecule has 0 fully saturated rings. The highest BCUT2D eigenvalue weighted by Crippen LogP contribution is 2.23. The third-order valence-electron chi connectivity index (χ3n) is 2.13. The zero-order valence-corrected chi connectivity index (χ0v) is 9.40. The van der Waals surface area contributed by atoms with Gasteiger partial charge in [-0.3, -0.25) is 0 Å². The number of hydrogen-bond donors (Lipinski definition) is 1. The molecular formula is C12H19NO2. The number of para-hydroxylation sites is 1. The first-order chi connectivity index (χ1) is 7.29. The summed E-state index contributed by atoms with van der Waals surface area (Å²) in [5, 5.41) is 0. The van der Waals surface area contributed by atoms with Crippen LogP contribution in [-0.4, -0.2) is 20.3 Å². The van der Waals surface area contributed by atoms with E-state index < -0.39 is 0 Å². The highest BCUT2D eigenvalue weighted by Gasteiger charge is 2.10. The molecular weight excluding hydrogens is 190 g/mol. The van der Waals surface area contributed by atoms with Crippen LogP contribution in [0.25, 0.3) is 0 Å². The highest BCUT2D eigenvalue weighted by molar-refractivity contribution is 5.35. The molecule has 0 aromatic heterocycles. The van der Waals surface area contributed by atoms with E-state index in [1.807, 2.05) is 24.3 Å². The van der Waals surface area contributed by atoms with Gasteiger partial charge < -0.3 is 15.2 Å². The summed E-state index contributed by atoms with van der Waals surface area (Å²) in [7, 11) is 1.65. The fourth-order valence-corrected chi connectivity index (χ4v) is 1.40. The van der Waals surface area contributed by atoms with Gasteiger partial charge in [-0.25, -0.2) is 0 Å². The van der Waals surface area contributed by atoms with E-state index in [2.05, 4.69) is 6.92 Å². The van der Waals surface area contributed by atoms with Crippen LogP contribution in [0.1, 0.15) is 24.9 Å². The van der Waals surface area contributed by atoms with Gasteiger partial charge in [-0.2, -0.15) is 0 Å². The third kappa shape index (κ3) is 3.53. The van der Waals surface area contributed by atoms with Gasteiger partial charge in [0.1, 0.15) is 5.75 Å². The Bertz CT molecular complexity index is 289. The van der Waals surface area contributed by atoms with E-state index in [0.717, 1.165) is 24.3 Å². The average Bonchev–Trinajstić information content (AvgIpc) is 2.27. The number of ether oxygens (including phenoxy) is 2. The number of methoxy groups -OCH3 is 1. The minimum atomic E-state index is -0.122. The number of hydrogen-bond acceptors (Lipinski definition) is 3. The molecule has 0 saturated carbocycles. The fourth-order valence-electron chi connectivity index (χ4n) is 1.40. The van der Waals surface area contributed by atoms with Crippen LogP contribution >= 0.6 is 0 Å².